The highest BCUT2D eigenvalue weighted by Crippen LogP contribution is 2.33. The molecule has 0 aliphatic heterocycles. The van der Waals surface area contributed by atoms with Gasteiger partial charge in [0.25, 0.3) is 0 Å². The quantitative estimate of drug-likeness (QED) is 0.906. The van der Waals surface area contributed by atoms with Crippen molar-refractivity contribution in [1.82, 2.24) is 20.4 Å². The summed E-state index contributed by atoms with van der Waals surface area (Å²) in [5.41, 5.74) is 1.13. The van der Waals surface area contributed by atoms with E-state index in [2.05, 4.69) is 25.7 Å². The van der Waals surface area contributed by atoms with Crippen LogP contribution in [0.5, 0.6) is 0 Å². The first-order chi connectivity index (χ1) is 9.70. The molecule has 20 heavy (non-hydrogen) atoms. The molecule has 0 unspecified atom stereocenters. The van der Waals surface area contributed by atoms with Crippen LogP contribution in [-0.2, 0) is 11.2 Å². The third-order valence-electron chi connectivity index (χ3n) is 3.54. The van der Waals surface area contributed by atoms with Gasteiger partial charge in [-0.15, -0.1) is 21.5 Å². The summed E-state index contributed by atoms with van der Waals surface area (Å²) in [4.78, 5) is 11.9. The standard InChI is InChI=1S/C13H17N5OS/c1-8-15-18-13(20-8)7-12(19)14-11-6-10(16-17-11)9-4-2-3-5-9/h6,9H,2-5,7H2,1H3,(H2,14,16,17,19). The largest absolute Gasteiger partial charge is 0.309 e. The van der Waals surface area contributed by atoms with E-state index in [1.807, 2.05) is 13.0 Å². The first-order valence-electron chi connectivity index (χ1n) is 6.85. The molecule has 7 heteroatoms. The predicted molar refractivity (Wildman–Crippen MR) is 76.8 cm³/mol. The number of H-pyrrole nitrogens is 1. The number of hydrogen-bond donors (Lipinski definition) is 2. The molecule has 0 bridgehead atoms. The topological polar surface area (TPSA) is 83.6 Å². The number of carbonyl (C=O) groups excluding carboxylic acids is 1. The molecule has 1 saturated carbocycles. The Hall–Kier alpha value is -1.76. The van der Waals surface area contributed by atoms with E-state index in [1.54, 1.807) is 0 Å². The van der Waals surface area contributed by atoms with Gasteiger partial charge in [-0.25, -0.2) is 0 Å². The van der Waals surface area contributed by atoms with E-state index >= 15 is 0 Å². The second kappa shape index (κ2) is 5.70. The van der Waals surface area contributed by atoms with E-state index in [0.717, 1.165) is 15.7 Å². The molecule has 1 aliphatic rings. The number of anilines is 1. The lowest BCUT2D eigenvalue weighted by molar-refractivity contribution is -0.115. The summed E-state index contributed by atoms with van der Waals surface area (Å²) >= 11 is 1.44. The van der Waals surface area contributed by atoms with Gasteiger partial charge in [0, 0.05) is 17.7 Å². The van der Waals surface area contributed by atoms with E-state index in [4.69, 9.17) is 0 Å². The van der Waals surface area contributed by atoms with Crippen molar-refractivity contribution in [2.24, 2.45) is 0 Å². The van der Waals surface area contributed by atoms with Crippen molar-refractivity contribution in [2.45, 2.75) is 44.9 Å². The zero-order valence-electron chi connectivity index (χ0n) is 11.3. The first kappa shape index (κ1) is 13.2. The molecule has 0 saturated heterocycles. The zero-order chi connectivity index (χ0) is 13.9. The summed E-state index contributed by atoms with van der Waals surface area (Å²) in [6.45, 7) is 1.88. The van der Waals surface area contributed by atoms with Gasteiger partial charge in [-0.3, -0.25) is 9.89 Å². The minimum atomic E-state index is -0.106. The number of rotatable bonds is 4. The summed E-state index contributed by atoms with van der Waals surface area (Å²) in [6, 6.07) is 1.94. The fraction of sp³-hybridized carbons (Fsp3) is 0.538. The molecular weight excluding hydrogens is 274 g/mol. The molecule has 2 aromatic heterocycles. The van der Waals surface area contributed by atoms with Crippen LogP contribution < -0.4 is 5.32 Å². The monoisotopic (exact) mass is 291 g/mol. The first-order valence-corrected chi connectivity index (χ1v) is 7.66. The van der Waals surface area contributed by atoms with E-state index < -0.39 is 0 Å². The van der Waals surface area contributed by atoms with Crippen LogP contribution in [0.15, 0.2) is 6.07 Å². The van der Waals surface area contributed by atoms with Crippen LogP contribution in [0.25, 0.3) is 0 Å². The highest BCUT2D eigenvalue weighted by molar-refractivity contribution is 7.11. The molecule has 0 aromatic carbocycles. The second-order valence-electron chi connectivity index (χ2n) is 5.13. The molecule has 106 valence electrons. The van der Waals surface area contributed by atoms with E-state index in [-0.39, 0.29) is 12.3 Å². The van der Waals surface area contributed by atoms with Gasteiger partial charge in [0.2, 0.25) is 5.91 Å². The van der Waals surface area contributed by atoms with Crippen molar-refractivity contribution < 1.29 is 4.79 Å². The van der Waals surface area contributed by atoms with Gasteiger partial charge < -0.3 is 5.32 Å². The Bertz CT molecular complexity index is 599. The number of aromatic amines is 1. The van der Waals surface area contributed by atoms with Crippen LogP contribution in [0.2, 0.25) is 0 Å². The number of nitrogens with one attached hydrogen (secondary N) is 2. The summed E-state index contributed by atoms with van der Waals surface area (Å²) in [5, 5.41) is 19.4. The second-order valence-corrected chi connectivity index (χ2v) is 6.40. The number of nitrogens with zero attached hydrogens (tertiary/aromatic N) is 3. The van der Waals surface area contributed by atoms with Crippen LogP contribution in [-0.4, -0.2) is 26.3 Å². The van der Waals surface area contributed by atoms with Crippen LogP contribution in [0.1, 0.15) is 47.3 Å². The van der Waals surface area contributed by atoms with Gasteiger partial charge in [0.05, 0.1) is 6.42 Å². The Morgan fingerprint density at radius 3 is 2.95 bits per heavy atom. The lowest BCUT2D eigenvalue weighted by Crippen LogP contribution is -2.14. The number of amides is 1. The van der Waals surface area contributed by atoms with E-state index in [0.29, 0.717) is 11.7 Å². The molecule has 0 radical (unpaired) electrons. The minimum Gasteiger partial charge on any atom is -0.309 e. The Balaban J connectivity index is 1.58. The fourth-order valence-corrected chi connectivity index (χ4v) is 3.29. The van der Waals surface area contributed by atoms with Crippen molar-refractivity contribution in [2.75, 3.05) is 5.32 Å². The molecule has 1 fully saturated rings. The maximum atomic E-state index is 11.9. The maximum absolute atomic E-state index is 11.9. The predicted octanol–water partition coefficient (Wildman–Crippen LogP) is 2.41. The molecule has 0 spiro atoms. The molecule has 2 heterocycles. The lowest BCUT2D eigenvalue weighted by Gasteiger charge is -2.03. The number of aromatic nitrogens is 4. The SMILES string of the molecule is Cc1nnc(CC(=O)Nc2cc(C3CCCC3)[nH]n2)s1. The van der Waals surface area contributed by atoms with Crippen molar-refractivity contribution in [1.29, 1.82) is 0 Å². The van der Waals surface area contributed by atoms with Gasteiger partial charge in [-0.2, -0.15) is 5.10 Å². The maximum Gasteiger partial charge on any atom is 0.232 e. The van der Waals surface area contributed by atoms with Crippen molar-refractivity contribution in [3.8, 4) is 0 Å². The van der Waals surface area contributed by atoms with Gasteiger partial charge in [-0.05, 0) is 19.8 Å². The number of carbonyl (C=O) groups is 1. The van der Waals surface area contributed by atoms with Crippen molar-refractivity contribution >= 4 is 23.1 Å². The highest BCUT2D eigenvalue weighted by Gasteiger charge is 2.19. The molecule has 3 rings (SSSR count). The summed E-state index contributed by atoms with van der Waals surface area (Å²) in [6.07, 6.45) is 5.22. The van der Waals surface area contributed by atoms with Gasteiger partial charge in [0.15, 0.2) is 5.82 Å². The number of aryl methyl sites for hydroxylation is 1. The molecule has 1 amide bonds. The van der Waals surface area contributed by atoms with Crippen LogP contribution in [0.4, 0.5) is 5.82 Å². The summed E-state index contributed by atoms with van der Waals surface area (Å²) in [7, 11) is 0. The van der Waals surface area contributed by atoms with Gasteiger partial charge in [-0.1, -0.05) is 12.8 Å². The molecule has 2 N–H and O–H groups in total. The lowest BCUT2D eigenvalue weighted by atomic mass is 10.0. The summed E-state index contributed by atoms with van der Waals surface area (Å²) in [5.74, 6) is 1.06. The van der Waals surface area contributed by atoms with Crippen LogP contribution >= 0.6 is 11.3 Å². The smallest absolute Gasteiger partial charge is 0.232 e. The van der Waals surface area contributed by atoms with Crippen molar-refractivity contribution in [3.05, 3.63) is 21.8 Å². The van der Waals surface area contributed by atoms with Crippen LogP contribution in [0, 0.1) is 6.92 Å². The summed E-state index contributed by atoms with van der Waals surface area (Å²) < 4.78 is 0. The Kier molecular flexibility index (Phi) is 3.77. The molecule has 1 aliphatic carbocycles. The average Bonchev–Trinajstić information content (AvgIpc) is 3.10. The molecule has 6 nitrogen and oxygen atoms in total. The van der Waals surface area contributed by atoms with E-state index in [1.165, 1.54) is 37.0 Å². The third-order valence-corrected chi connectivity index (χ3v) is 4.38. The third kappa shape index (κ3) is 3.04. The minimum absolute atomic E-state index is 0.106. The van der Waals surface area contributed by atoms with Gasteiger partial charge in [0.1, 0.15) is 10.0 Å². The van der Waals surface area contributed by atoms with Crippen molar-refractivity contribution in [3.63, 3.8) is 0 Å². The molecular formula is C13H17N5OS. The fourth-order valence-electron chi connectivity index (χ4n) is 2.58. The van der Waals surface area contributed by atoms with Crippen LogP contribution in [0.3, 0.4) is 0 Å². The van der Waals surface area contributed by atoms with E-state index in [9.17, 15) is 4.79 Å². The number of hydrogen-bond acceptors (Lipinski definition) is 5. The highest BCUT2D eigenvalue weighted by atomic mass is 32.1. The molecule has 0 atom stereocenters. The Labute approximate surface area is 121 Å². The van der Waals surface area contributed by atoms with Gasteiger partial charge >= 0.3 is 0 Å². The Morgan fingerprint density at radius 2 is 2.25 bits per heavy atom. The Morgan fingerprint density at radius 1 is 1.45 bits per heavy atom. The molecule has 2 aromatic rings. The average molecular weight is 291 g/mol. The zero-order valence-corrected chi connectivity index (χ0v) is 12.2. The normalized spacial score (nSPS) is 15.7.